The van der Waals surface area contributed by atoms with Gasteiger partial charge < -0.3 is 37.9 Å². The SMILES string of the molecule is CCCC1c2cc(c(OC(C)=O)cc2OC(C)=O)C(CCC)c2cc(c(OC(C)=O)cc2OC(C)=O)C(c2cc3cccc4ccc5cccc2c5c43)c2cc(c(OC(C)=O)cc2OC(C)=O)C(c2cc3cccc4ccc5cccc2c5c43)c2cc1c(OC(C)=O)cc2OC(C)=O. The molecule has 1 aliphatic rings. The van der Waals surface area contributed by atoms with Crippen molar-refractivity contribution in [2.24, 2.45) is 0 Å². The average molecular weight is 1310 g/mol. The van der Waals surface area contributed by atoms with Gasteiger partial charge >= 0.3 is 47.8 Å². The summed E-state index contributed by atoms with van der Waals surface area (Å²) in [6.07, 6.45) is 1.45. The molecule has 1 aliphatic carbocycles. The van der Waals surface area contributed by atoms with E-state index >= 15 is 0 Å². The van der Waals surface area contributed by atoms with Crippen LogP contribution >= 0.6 is 0 Å². The molecule has 12 aromatic rings. The van der Waals surface area contributed by atoms with Gasteiger partial charge in [-0.2, -0.15) is 0 Å². The van der Waals surface area contributed by atoms with Crippen LogP contribution in [0.3, 0.4) is 0 Å². The Bertz CT molecular complexity index is 5010. The zero-order valence-corrected chi connectivity index (χ0v) is 55.7. The number of hydrogen-bond acceptors (Lipinski definition) is 16. The second-order valence-electron chi connectivity index (χ2n) is 25.0. The molecular formula is C82H68O16. The maximum atomic E-state index is 14.2. The van der Waals surface area contributed by atoms with E-state index in [9.17, 15) is 38.4 Å². The zero-order chi connectivity index (χ0) is 69.1. The van der Waals surface area contributed by atoms with Crippen molar-refractivity contribution >= 4 is 112 Å². The fourth-order valence-electron chi connectivity index (χ4n) is 14.9. The Labute approximate surface area is 563 Å². The van der Waals surface area contributed by atoms with Crippen molar-refractivity contribution in [1.29, 1.82) is 0 Å². The molecule has 4 unspecified atom stereocenters. The molecule has 8 bridgehead atoms. The predicted molar refractivity (Wildman–Crippen MR) is 372 cm³/mol. The van der Waals surface area contributed by atoms with E-state index in [1.807, 2.05) is 105 Å². The van der Waals surface area contributed by atoms with E-state index in [1.165, 1.54) is 79.7 Å². The van der Waals surface area contributed by atoms with Crippen LogP contribution in [0.2, 0.25) is 0 Å². The Morgan fingerprint density at radius 1 is 0.255 bits per heavy atom. The number of hydrogen-bond donors (Lipinski definition) is 0. The van der Waals surface area contributed by atoms with Crippen LogP contribution < -0.4 is 37.9 Å². The first-order valence-electron chi connectivity index (χ1n) is 32.6. The van der Waals surface area contributed by atoms with Gasteiger partial charge in [0.1, 0.15) is 46.0 Å². The van der Waals surface area contributed by atoms with Gasteiger partial charge in [-0.05, 0) is 125 Å². The van der Waals surface area contributed by atoms with Crippen molar-refractivity contribution in [3.63, 3.8) is 0 Å². The molecule has 4 atom stereocenters. The highest BCUT2D eigenvalue weighted by Gasteiger charge is 2.39. The standard InChI is InChI=1S/C82H68O16/c1-11-17-55-59-33-60(70(92-42(4)84)37-69(59)91-41(3)83)56(18-12-2)62-35-66(74(96-46(8)88)39-72(62)94-44(6)86)82(64-32-54-24-14-20-50-28-30-52-22-16-26-58(64)80(52)78(50)54)68-36-67(75(97-47(9)89)40-76(68)98-48(10)90)81(65-34-61(55)71(93-43(5)85)38-73(65)95-45(7)87)63-31-53-23-13-19-49-27-29-51-21-15-25-57(63)79(51)77(49)53/h13-16,19-40,55-56,81-82H,11-12,17-18H2,1-10H3. The molecule has 98 heavy (non-hydrogen) atoms. The van der Waals surface area contributed by atoms with Crippen molar-refractivity contribution in [3.8, 4) is 46.0 Å². The van der Waals surface area contributed by atoms with E-state index in [4.69, 9.17) is 37.9 Å². The lowest BCUT2D eigenvalue weighted by molar-refractivity contribution is -0.133. The second-order valence-corrected chi connectivity index (χ2v) is 25.0. The van der Waals surface area contributed by atoms with Crippen molar-refractivity contribution < 1.29 is 76.3 Å². The number of benzene rings is 12. The van der Waals surface area contributed by atoms with E-state index in [0.717, 1.165) is 64.6 Å². The Morgan fingerprint density at radius 3 is 0.745 bits per heavy atom. The summed E-state index contributed by atoms with van der Waals surface area (Å²) in [5.74, 6) is -10.5. The fraction of sp³-hybridized carbons (Fsp3) is 0.220. The first-order valence-corrected chi connectivity index (χ1v) is 32.6. The Balaban J connectivity index is 1.33. The lowest BCUT2D eigenvalue weighted by atomic mass is 9.74. The molecule has 492 valence electrons. The minimum absolute atomic E-state index is 0.0163. The quantitative estimate of drug-likeness (QED) is 0.0563. The third-order valence-corrected chi connectivity index (χ3v) is 18.2. The van der Waals surface area contributed by atoms with Gasteiger partial charge in [0, 0.05) is 148 Å². The minimum atomic E-state index is -1.21. The highest BCUT2D eigenvalue weighted by atomic mass is 16.6. The summed E-state index contributed by atoms with van der Waals surface area (Å²) in [7, 11) is 0. The highest BCUT2D eigenvalue weighted by molar-refractivity contribution is 6.25. The topological polar surface area (TPSA) is 210 Å². The number of carbonyl (C=O) groups excluding carboxylic acids is 8. The van der Waals surface area contributed by atoms with E-state index in [0.29, 0.717) is 46.2 Å². The number of fused-ring (bicyclic) bond motifs is 8. The predicted octanol–water partition coefficient (Wildman–Crippen LogP) is 17.4. The fourth-order valence-corrected chi connectivity index (χ4v) is 14.9. The van der Waals surface area contributed by atoms with Gasteiger partial charge in [0.25, 0.3) is 0 Å². The summed E-state index contributed by atoms with van der Waals surface area (Å²) in [4.78, 5) is 111. The lowest BCUT2D eigenvalue weighted by Gasteiger charge is -2.32. The highest BCUT2D eigenvalue weighted by Crippen LogP contribution is 2.57. The molecule has 0 aromatic heterocycles. The summed E-state index contributed by atoms with van der Waals surface area (Å²) in [5.41, 5.74) is 3.76. The largest absolute Gasteiger partial charge is 0.426 e. The van der Waals surface area contributed by atoms with Crippen LogP contribution in [-0.4, -0.2) is 47.8 Å². The molecule has 0 aliphatic heterocycles. The van der Waals surface area contributed by atoms with Crippen LogP contribution in [0.4, 0.5) is 0 Å². The van der Waals surface area contributed by atoms with Crippen molar-refractivity contribution in [2.45, 2.75) is 119 Å². The molecule has 16 nitrogen and oxygen atoms in total. The number of rotatable bonds is 14. The summed E-state index contributed by atoms with van der Waals surface area (Å²) in [5, 5.41) is 10.5. The third kappa shape index (κ3) is 12.1. The van der Waals surface area contributed by atoms with Crippen LogP contribution in [0.15, 0.2) is 158 Å². The normalized spacial score (nSPS) is 15.1. The number of ether oxygens (including phenoxy) is 8. The summed E-state index contributed by atoms with van der Waals surface area (Å²) in [6.45, 7) is 13.9. The van der Waals surface area contributed by atoms with Gasteiger partial charge in [0.2, 0.25) is 0 Å². The molecule has 0 amide bonds. The maximum absolute atomic E-state index is 14.2. The first-order chi connectivity index (χ1) is 47.1. The molecule has 0 heterocycles. The molecule has 13 rings (SSSR count). The molecule has 0 radical (unpaired) electrons. The van der Waals surface area contributed by atoms with E-state index in [2.05, 4.69) is 24.3 Å². The lowest BCUT2D eigenvalue weighted by Crippen LogP contribution is -2.19. The molecule has 0 saturated carbocycles. The molecular weight excluding hydrogens is 1240 g/mol. The molecule has 0 spiro atoms. The maximum Gasteiger partial charge on any atom is 0.308 e. The second kappa shape index (κ2) is 26.2. The van der Waals surface area contributed by atoms with Gasteiger partial charge in [0.05, 0.1) is 0 Å². The van der Waals surface area contributed by atoms with Crippen LogP contribution in [0, 0.1) is 0 Å². The molecule has 12 aromatic carbocycles. The minimum Gasteiger partial charge on any atom is -0.426 e. The first kappa shape index (κ1) is 65.2. The van der Waals surface area contributed by atoms with Crippen molar-refractivity contribution in [1.82, 2.24) is 0 Å². The van der Waals surface area contributed by atoms with Gasteiger partial charge in [-0.3, -0.25) is 38.4 Å². The summed E-state index contributed by atoms with van der Waals surface area (Å²) in [6, 6.07) is 49.4. The van der Waals surface area contributed by atoms with Gasteiger partial charge in [-0.15, -0.1) is 0 Å². The van der Waals surface area contributed by atoms with Crippen LogP contribution in [-0.2, 0) is 38.4 Å². The number of carbonyl (C=O) groups is 8. The van der Waals surface area contributed by atoms with E-state index in [-0.39, 0.29) is 81.1 Å². The van der Waals surface area contributed by atoms with Crippen molar-refractivity contribution in [3.05, 3.63) is 213 Å². The van der Waals surface area contributed by atoms with E-state index in [1.54, 1.807) is 18.2 Å². The van der Waals surface area contributed by atoms with Crippen LogP contribution in [0.5, 0.6) is 46.0 Å². The van der Waals surface area contributed by atoms with Crippen LogP contribution in [0.1, 0.15) is 174 Å². The molecule has 16 heteroatoms. The Hall–Kier alpha value is -11.5. The molecule has 0 N–H and O–H groups in total. The Morgan fingerprint density at radius 2 is 0.480 bits per heavy atom. The average Bonchev–Trinajstić information content (AvgIpc) is 0.722. The molecule has 0 saturated heterocycles. The van der Waals surface area contributed by atoms with Gasteiger partial charge in [-0.25, -0.2) is 0 Å². The summed E-state index contributed by atoms with van der Waals surface area (Å²) < 4.78 is 50.9. The van der Waals surface area contributed by atoms with E-state index < -0.39 is 71.4 Å². The zero-order valence-electron chi connectivity index (χ0n) is 55.7. The summed E-state index contributed by atoms with van der Waals surface area (Å²) >= 11 is 0. The van der Waals surface area contributed by atoms with Crippen LogP contribution in [0.25, 0.3) is 64.6 Å². The smallest absolute Gasteiger partial charge is 0.308 e. The Kier molecular flexibility index (Phi) is 17.4. The number of esters is 8. The van der Waals surface area contributed by atoms with Gasteiger partial charge in [-0.1, -0.05) is 124 Å². The van der Waals surface area contributed by atoms with Gasteiger partial charge in [0.15, 0.2) is 0 Å². The molecule has 0 fully saturated rings. The third-order valence-electron chi connectivity index (χ3n) is 18.2. The van der Waals surface area contributed by atoms with Crippen molar-refractivity contribution in [2.75, 3.05) is 0 Å². The monoisotopic (exact) mass is 1310 g/mol.